The molecule has 2 aliphatic rings. The van der Waals surface area contributed by atoms with Crippen LogP contribution in [0.1, 0.15) is 50.6 Å². The Labute approximate surface area is 197 Å². The minimum absolute atomic E-state index is 0.0109. The molecule has 1 saturated carbocycles. The number of para-hydroxylation sites is 2. The van der Waals surface area contributed by atoms with E-state index in [9.17, 15) is 9.59 Å². The van der Waals surface area contributed by atoms with Crippen molar-refractivity contribution in [1.82, 2.24) is 18.9 Å². The number of benzene rings is 1. The third-order valence-corrected chi connectivity index (χ3v) is 7.52. The summed E-state index contributed by atoms with van der Waals surface area (Å²) in [6, 6.07) is 7.99. The molecule has 1 aromatic carbocycles. The van der Waals surface area contributed by atoms with Gasteiger partial charge >= 0.3 is 5.69 Å². The van der Waals surface area contributed by atoms with Crippen molar-refractivity contribution in [3.63, 3.8) is 0 Å². The Hall–Kier alpha value is -2.58. The molecule has 0 spiro atoms. The summed E-state index contributed by atoms with van der Waals surface area (Å²) in [5.74, 6) is 0.421. The molecule has 33 heavy (non-hydrogen) atoms. The molecule has 0 amide bonds. The third kappa shape index (κ3) is 4.22. The van der Waals surface area contributed by atoms with Gasteiger partial charge in [0.1, 0.15) is 5.02 Å². The number of imidazole rings is 1. The first-order valence-electron chi connectivity index (χ1n) is 11.8. The maximum atomic E-state index is 13.0. The van der Waals surface area contributed by atoms with Crippen LogP contribution in [-0.2, 0) is 11.8 Å². The molecule has 0 bridgehead atoms. The van der Waals surface area contributed by atoms with Crippen LogP contribution >= 0.6 is 11.6 Å². The lowest BCUT2D eigenvalue weighted by molar-refractivity contribution is 0.0595. The summed E-state index contributed by atoms with van der Waals surface area (Å²) in [5.41, 5.74) is 2.24. The van der Waals surface area contributed by atoms with E-state index in [2.05, 4.69) is 10.4 Å². The van der Waals surface area contributed by atoms with Crippen LogP contribution in [0.15, 0.2) is 40.1 Å². The number of hydrogen-bond donors (Lipinski definition) is 1. The molecule has 9 heteroatoms. The van der Waals surface area contributed by atoms with Gasteiger partial charge in [-0.3, -0.25) is 13.9 Å². The molecule has 3 heterocycles. The van der Waals surface area contributed by atoms with Crippen LogP contribution in [0.5, 0.6) is 0 Å². The number of ether oxygens (including phenoxy) is 1. The van der Waals surface area contributed by atoms with Crippen molar-refractivity contribution in [3.05, 3.63) is 56.3 Å². The summed E-state index contributed by atoms with van der Waals surface area (Å²) >= 11 is 6.43. The molecule has 8 nitrogen and oxygen atoms in total. The number of halogens is 1. The maximum absolute atomic E-state index is 13.0. The lowest BCUT2D eigenvalue weighted by Gasteiger charge is -2.30. The standard InChI is InChI=1S/C24H30ClN5O3/c1-28-20-6-2-3-7-21(20)29(24(28)32)17-8-10-18(11-9-17)30-23(31)22(25)19(14-27-30)26-13-16-5-4-12-33-15-16/h2-3,6-7,14,16-18,26H,4-5,8-13,15H2,1H3/t16?,17-,18-. The Morgan fingerprint density at radius 1 is 1.09 bits per heavy atom. The SMILES string of the molecule is Cn1c(=O)n([C@H]2CC[C@H](n3ncc(NCC4CCCOC4)c(Cl)c3=O)CC2)c2ccccc21. The Bertz CT molecular complexity index is 1250. The lowest BCUT2D eigenvalue weighted by atomic mass is 9.91. The van der Waals surface area contributed by atoms with Gasteiger partial charge in [0.25, 0.3) is 5.56 Å². The average Bonchev–Trinajstić information content (AvgIpc) is 3.11. The predicted molar refractivity (Wildman–Crippen MR) is 129 cm³/mol. The van der Waals surface area contributed by atoms with Crippen molar-refractivity contribution in [3.8, 4) is 0 Å². The van der Waals surface area contributed by atoms with Crippen LogP contribution in [0, 0.1) is 5.92 Å². The first kappa shape index (κ1) is 22.2. The molecular formula is C24H30ClN5O3. The van der Waals surface area contributed by atoms with Crippen LogP contribution < -0.4 is 16.6 Å². The van der Waals surface area contributed by atoms with Gasteiger partial charge in [0.15, 0.2) is 0 Å². The van der Waals surface area contributed by atoms with Crippen LogP contribution in [0.3, 0.4) is 0 Å². The van der Waals surface area contributed by atoms with Crippen LogP contribution in [0.4, 0.5) is 5.69 Å². The number of fused-ring (bicyclic) bond motifs is 1. The molecule has 176 valence electrons. The van der Waals surface area contributed by atoms with E-state index in [-0.39, 0.29) is 28.4 Å². The van der Waals surface area contributed by atoms with E-state index in [1.807, 2.05) is 35.9 Å². The average molecular weight is 472 g/mol. The molecule has 1 aliphatic carbocycles. The van der Waals surface area contributed by atoms with Gasteiger partial charge in [-0.2, -0.15) is 5.10 Å². The molecule has 0 radical (unpaired) electrons. The first-order valence-corrected chi connectivity index (χ1v) is 12.2. The van der Waals surface area contributed by atoms with Crippen molar-refractivity contribution in [1.29, 1.82) is 0 Å². The van der Waals surface area contributed by atoms with E-state index in [0.29, 0.717) is 11.6 Å². The van der Waals surface area contributed by atoms with Crippen LogP contribution in [0.25, 0.3) is 11.0 Å². The van der Waals surface area contributed by atoms with E-state index < -0.39 is 0 Å². The van der Waals surface area contributed by atoms with Gasteiger partial charge in [0.2, 0.25) is 0 Å². The van der Waals surface area contributed by atoms with Crippen molar-refractivity contribution >= 4 is 28.3 Å². The van der Waals surface area contributed by atoms with Gasteiger partial charge in [0, 0.05) is 26.2 Å². The molecule has 1 unspecified atom stereocenters. The Morgan fingerprint density at radius 3 is 2.55 bits per heavy atom. The second-order valence-corrected chi connectivity index (χ2v) is 9.63. The largest absolute Gasteiger partial charge is 0.382 e. The number of nitrogens with one attached hydrogen (secondary N) is 1. The second-order valence-electron chi connectivity index (χ2n) is 9.25. The van der Waals surface area contributed by atoms with Gasteiger partial charge in [-0.05, 0) is 56.6 Å². The van der Waals surface area contributed by atoms with Crippen molar-refractivity contribution in [2.75, 3.05) is 25.1 Å². The smallest absolute Gasteiger partial charge is 0.329 e. The summed E-state index contributed by atoms with van der Waals surface area (Å²) in [5, 5.41) is 7.92. The quantitative estimate of drug-likeness (QED) is 0.612. The Morgan fingerprint density at radius 2 is 1.82 bits per heavy atom. The zero-order chi connectivity index (χ0) is 22.9. The third-order valence-electron chi connectivity index (χ3n) is 7.15. The van der Waals surface area contributed by atoms with E-state index in [1.165, 1.54) is 4.68 Å². The predicted octanol–water partition coefficient (Wildman–Crippen LogP) is 3.75. The van der Waals surface area contributed by atoms with Gasteiger partial charge in [0.05, 0.1) is 35.6 Å². The Balaban J connectivity index is 1.28. The molecule has 3 aromatic rings. The van der Waals surface area contributed by atoms with Gasteiger partial charge in [-0.1, -0.05) is 23.7 Å². The minimum atomic E-state index is -0.257. The van der Waals surface area contributed by atoms with Crippen molar-refractivity contribution in [2.24, 2.45) is 13.0 Å². The fourth-order valence-corrected chi connectivity index (χ4v) is 5.49. The van der Waals surface area contributed by atoms with Gasteiger partial charge in [-0.25, -0.2) is 9.48 Å². The van der Waals surface area contributed by atoms with Crippen molar-refractivity contribution < 1.29 is 4.74 Å². The van der Waals surface area contributed by atoms with Gasteiger partial charge < -0.3 is 10.1 Å². The fourth-order valence-electron chi connectivity index (χ4n) is 5.28. The summed E-state index contributed by atoms with van der Waals surface area (Å²) in [4.78, 5) is 25.8. The monoisotopic (exact) mass is 471 g/mol. The molecule has 1 aliphatic heterocycles. The summed E-state index contributed by atoms with van der Waals surface area (Å²) in [6.07, 6.45) is 7.00. The maximum Gasteiger partial charge on any atom is 0.329 e. The summed E-state index contributed by atoms with van der Waals surface area (Å²) in [7, 11) is 1.81. The topological polar surface area (TPSA) is 83.1 Å². The zero-order valence-electron chi connectivity index (χ0n) is 18.9. The molecular weight excluding hydrogens is 442 g/mol. The van der Waals surface area contributed by atoms with Crippen LogP contribution in [-0.4, -0.2) is 38.7 Å². The molecule has 1 atom stereocenters. The molecule has 1 N–H and O–H groups in total. The number of anilines is 1. The van der Waals surface area contributed by atoms with Crippen LogP contribution in [0.2, 0.25) is 5.02 Å². The van der Waals surface area contributed by atoms with Gasteiger partial charge in [-0.15, -0.1) is 0 Å². The molecule has 5 rings (SSSR count). The zero-order valence-corrected chi connectivity index (χ0v) is 19.6. The van der Waals surface area contributed by atoms with E-state index in [1.54, 1.807) is 10.8 Å². The minimum Gasteiger partial charge on any atom is -0.382 e. The van der Waals surface area contributed by atoms with E-state index in [4.69, 9.17) is 16.3 Å². The highest BCUT2D eigenvalue weighted by Gasteiger charge is 2.28. The van der Waals surface area contributed by atoms with E-state index in [0.717, 1.165) is 69.3 Å². The molecule has 2 fully saturated rings. The second kappa shape index (κ2) is 9.35. The lowest BCUT2D eigenvalue weighted by Crippen LogP contribution is -2.33. The number of nitrogens with zero attached hydrogens (tertiary/aromatic N) is 4. The molecule has 1 saturated heterocycles. The normalized spacial score (nSPS) is 23.6. The molecule has 2 aromatic heterocycles. The number of rotatable bonds is 5. The Kier molecular flexibility index (Phi) is 6.29. The highest BCUT2D eigenvalue weighted by molar-refractivity contribution is 6.32. The first-order chi connectivity index (χ1) is 16.0. The van der Waals surface area contributed by atoms with Crippen molar-refractivity contribution in [2.45, 2.75) is 50.6 Å². The highest BCUT2D eigenvalue weighted by atomic mass is 35.5. The number of aromatic nitrogens is 4. The van der Waals surface area contributed by atoms with E-state index >= 15 is 0 Å². The number of aryl methyl sites for hydroxylation is 1. The fraction of sp³-hybridized carbons (Fsp3) is 0.542. The summed E-state index contributed by atoms with van der Waals surface area (Å²) < 4.78 is 10.7. The highest BCUT2D eigenvalue weighted by Crippen LogP contribution is 2.35. The summed E-state index contributed by atoms with van der Waals surface area (Å²) in [6.45, 7) is 2.28. The number of hydrogen-bond acceptors (Lipinski definition) is 5.